The molecule has 0 radical (unpaired) electrons. The quantitative estimate of drug-likeness (QED) is 0.789. The lowest BCUT2D eigenvalue weighted by Gasteiger charge is -2.08. The molecular weight excluding hydrogens is 246 g/mol. The van der Waals surface area contributed by atoms with Gasteiger partial charge in [-0.15, -0.1) is 0 Å². The number of aromatic nitrogens is 2. The summed E-state index contributed by atoms with van der Waals surface area (Å²) in [6.45, 7) is 2.80. The summed E-state index contributed by atoms with van der Waals surface area (Å²) in [5.41, 5.74) is 10.3. The standard InChI is InChI=1S/C17H19N3/c1-12(11-18)14-8-9-16-15(10-14)19-17(20(16)2)13-6-4-3-5-7-13/h3-10,12H,11,18H2,1-2H3. The van der Waals surface area contributed by atoms with Crippen molar-refractivity contribution in [2.45, 2.75) is 12.8 Å². The van der Waals surface area contributed by atoms with E-state index >= 15 is 0 Å². The third kappa shape index (κ3) is 2.10. The number of aryl methyl sites for hydroxylation is 1. The van der Waals surface area contributed by atoms with Crippen molar-refractivity contribution in [2.24, 2.45) is 12.8 Å². The Morgan fingerprint density at radius 1 is 1.15 bits per heavy atom. The van der Waals surface area contributed by atoms with E-state index in [1.807, 2.05) is 18.2 Å². The molecule has 1 unspecified atom stereocenters. The number of nitrogens with zero attached hydrogens (tertiary/aromatic N) is 2. The van der Waals surface area contributed by atoms with Gasteiger partial charge in [0.05, 0.1) is 11.0 Å². The summed E-state index contributed by atoms with van der Waals surface area (Å²) in [4.78, 5) is 4.78. The lowest BCUT2D eigenvalue weighted by Crippen LogP contribution is -2.08. The molecule has 1 heterocycles. The molecule has 2 N–H and O–H groups in total. The van der Waals surface area contributed by atoms with Crippen LogP contribution in [0.1, 0.15) is 18.4 Å². The van der Waals surface area contributed by atoms with E-state index in [4.69, 9.17) is 10.7 Å². The van der Waals surface area contributed by atoms with Crippen LogP contribution >= 0.6 is 0 Å². The number of hydrogen-bond donors (Lipinski definition) is 1. The van der Waals surface area contributed by atoms with Crippen LogP contribution in [0.25, 0.3) is 22.4 Å². The minimum Gasteiger partial charge on any atom is -0.330 e. The number of nitrogens with two attached hydrogens (primary N) is 1. The van der Waals surface area contributed by atoms with Gasteiger partial charge in [0.15, 0.2) is 0 Å². The molecule has 0 saturated heterocycles. The molecule has 0 aliphatic carbocycles. The first kappa shape index (κ1) is 12.9. The van der Waals surface area contributed by atoms with E-state index in [1.54, 1.807) is 0 Å². The third-order valence-electron chi connectivity index (χ3n) is 3.86. The van der Waals surface area contributed by atoms with E-state index in [0.29, 0.717) is 12.5 Å². The highest BCUT2D eigenvalue weighted by atomic mass is 15.1. The second-order valence-electron chi connectivity index (χ2n) is 5.25. The largest absolute Gasteiger partial charge is 0.330 e. The number of imidazole rings is 1. The minimum atomic E-state index is 0.363. The average Bonchev–Trinajstić information content (AvgIpc) is 2.84. The van der Waals surface area contributed by atoms with Crippen molar-refractivity contribution in [1.82, 2.24) is 9.55 Å². The summed E-state index contributed by atoms with van der Waals surface area (Å²) in [5.74, 6) is 1.36. The molecule has 0 aliphatic heterocycles. The molecule has 1 atom stereocenters. The highest BCUT2D eigenvalue weighted by molar-refractivity contribution is 5.81. The van der Waals surface area contributed by atoms with E-state index in [-0.39, 0.29) is 0 Å². The highest BCUT2D eigenvalue weighted by Crippen LogP contribution is 2.26. The smallest absolute Gasteiger partial charge is 0.140 e. The van der Waals surface area contributed by atoms with Gasteiger partial charge in [-0.3, -0.25) is 0 Å². The fraction of sp³-hybridized carbons (Fsp3) is 0.235. The van der Waals surface area contributed by atoms with Crippen LogP contribution in [0.2, 0.25) is 0 Å². The topological polar surface area (TPSA) is 43.8 Å². The van der Waals surface area contributed by atoms with E-state index in [9.17, 15) is 0 Å². The van der Waals surface area contributed by atoms with E-state index in [1.165, 1.54) is 5.56 Å². The Kier molecular flexibility index (Phi) is 3.28. The van der Waals surface area contributed by atoms with Crippen molar-refractivity contribution in [3.8, 4) is 11.4 Å². The van der Waals surface area contributed by atoms with Crippen molar-refractivity contribution < 1.29 is 0 Å². The van der Waals surface area contributed by atoms with Crippen molar-refractivity contribution in [1.29, 1.82) is 0 Å². The molecule has 0 fully saturated rings. The van der Waals surface area contributed by atoms with Gasteiger partial charge in [0, 0.05) is 12.6 Å². The Hall–Kier alpha value is -2.13. The Morgan fingerprint density at radius 2 is 1.90 bits per heavy atom. The Labute approximate surface area is 119 Å². The molecule has 0 amide bonds. The molecule has 2 aromatic carbocycles. The van der Waals surface area contributed by atoms with Crippen molar-refractivity contribution >= 4 is 11.0 Å². The van der Waals surface area contributed by atoms with Gasteiger partial charge in [0.25, 0.3) is 0 Å². The van der Waals surface area contributed by atoms with Crippen LogP contribution in [0.15, 0.2) is 48.5 Å². The van der Waals surface area contributed by atoms with Crippen LogP contribution < -0.4 is 5.73 Å². The summed E-state index contributed by atoms with van der Waals surface area (Å²) in [6.07, 6.45) is 0. The van der Waals surface area contributed by atoms with Gasteiger partial charge in [0.1, 0.15) is 5.82 Å². The Morgan fingerprint density at radius 3 is 2.60 bits per heavy atom. The van der Waals surface area contributed by atoms with Crippen molar-refractivity contribution in [3.63, 3.8) is 0 Å². The zero-order valence-electron chi connectivity index (χ0n) is 11.9. The third-order valence-corrected chi connectivity index (χ3v) is 3.86. The van der Waals surface area contributed by atoms with Crippen LogP contribution in [0, 0.1) is 0 Å². The molecule has 0 bridgehead atoms. The maximum Gasteiger partial charge on any atom is 0.140 e. The van der Waals surface area contributed by atoms with Gasteiger partial charge in [-0.2, -0.15) is 0 Å². The summed E-state index contributed by atoms with van der Waals surface area (Å²) in [5, 5.41) is 0. The van der Waals surface area contributed by atoms with Crippen LogP contribution in [0.5, 0.6) is 0 Å². The molecule has 102 valence electrons. The van der Waals surface area contributed by atoms with E-state index < -0.39 is 0 Å². The van der Waals surface area contributed by atoms with Gasteiger partial charge in [0.2, 0.25) is 0 Å². The molecule has 3 heteroatoms. The van der Waals surface area contributed by atoms with Gasteiger partial charge in [-0.1, -0.05) is 43.3 Å². The Balaban J connectivity index is 2.15. The average molecular weight is 265 g/mol. The molecule has 3 nitrogen and oxygen atoms in total. The van der Waals surface area contributed by atoms with Gasteiger partial charge >= 0.3 is 0 Å². The molecule has 0 spiro atoms. The minimum absolute atomic E-state index is 0.363. The molecule has 20 heavy (non-hydrogen) atoms. The fourth-order valence-electron chi connectivity index (χ4n) is 2.50. The summed E-state index contributed by atoms with van der Waals surface area (Å²) in [6, 6.07) is 16.7. The van der Waals surface area contributed by atoms with Crippen LogP contribution in [-0.2, 0) is 7.05 Å². The van der Waals surface area contributed by atoms with Gasteiger partial charge in [-0.25, -0.2) is 4.98 Å². The Bertz CT molecular complexity index is 729. The predicted octanol–water partition coefficient (Wildman–Crippen LogP) is 3.30. The molecular formula is C17H19N3. The first-order chi connectivity index (χ1) is 9.70. The number of fused-ring (bicyclic) bond motifs is 1. The second-order valence-corrected chi connectivity index (χ2v) is 5.25. The van der Waals surface area contributed by atoms with E-state index in [2.05, 4.69) is 48.9 Å². The molecule has 0 aliphatic rings. The van der Waals surface area contributed by atoms with Gasteiger partial charge < -0.3 is 10.3 Å². The number of rotatable bonds is 3. The lowest BCUT2D eigenvalue weighted by atomic mass is 10.0. The summed E-state index contributed by atoms with van der Waals surface area (Å²) in [7, 11) is 2.06. The van der Waals surface area contributed by atoms with Crippen LogP contribution in [0.4, 0.5) is 0 Å². The zero-order chi connectivity index (χ0) is 14.1. The lowest BCUT2D eigenvalue weighted by molar-refractivity contribution is 0.775. The zero-order valence-corrected chi connectivity index (χ0v) is 11.9. The maximum absolute atomic E-state index is 5.75. The molecule has 1 aromatic heterocycles. The van der Waals surface area contributed by atoms with Gasteiger partial charge in [-0.05, 0) is 30.2 Å². The predicted molar refractivity (Wildman–Crippen MR) is 83.6 cm³/mol. The van der Waals surface area contributed by atoms with Crippen LogP contribution in [0.3, 0.4) is 0 Å². The summed E-state index contributed by atoms with van der Waals surface area (Å²) < 4.78 is 2.14. The summed E-state index contributed by atoms with van der Waals surface area (Å²) >= 11 is 0. The monoisotopic (exact) mass is 265 g/mol. The molecule has 0 saturated carbocycles. The first-order valence-corrected chi connectivity index (χ1v) is 6.92. The van der Waals surface area contributed by atoms with E-state index in [0.717, 1.165) is 22.4 Å². The highest BCUT2D eigenvalue weighted by Gasteiger charge is 2.11. The molecule has 3 rings (SSSR count). The fourth-order valence-corrected chi connectivity index (χ4v) is 2.50. The first-order valence-electron chi connectivity index (χ1n) is 6.92. The normalized spacial score (nSPS) is 12.8. The molecule has 3 aromatic rings. The second kappa shape index (κ2) is 5.10. The SMILES string of the molecule is CC(CN)c1ccc2c(c1)nc(-c1ccccc1)n2C. The van der Waals surface area contributed by atoms with Crippen molar-refractivity contribution in [2.75, 3.05) is 6.54 Å². The van der Waals surface area contributed by atoms with Crippen molar-refractivity contribution in [3.05, 3.63) is 54.1 Å². The maximum atomic E-state index is 5.75. The number of hydrogen-bond acceptors (Lipinski definition) is 2. The number of benzene rings is 2. The van der Waals surface area contributed by atoms with Crippen LogP contribution in [-0.4, -0.2) is 16.1 Å².